The number of oxime groups is 1. The van der Waals surface area contributed by atoms with E-state index in [0.29, 0.717) is 23.8 Å². The van der Waals surface area contributed by atoms with Crippen LogP contribution in [-0.4, -0.2) is 38.0 Å². The van der Waals surface area contributed by atoms with Gasteiger partial charge in [0, 0.05) is 12.2 Å². The van der Waals surface area contributed by atoms with Gasteiger partial charge >= 0.3 is 5.97 Å². The van der Waals surface area contributed by atoms with Crippen molar-refractivity contribution in [3.63, 3.8) is 0 Å². The maximum Gasteiger partial charge on any atom is 0.316 e. The number of rotatable bonds is 6. The van der Waals surface area contributed by atoms with Gasteiger partial charge in [-0.15, -0.1) is 0 Å². The number of fused-ring (bicyclic) bond motifs is 1. The number of hydrogen-bond acceptors (Lipinski definition) is 7. The highest BCUT2D eigenvalue weighted by Crippen LogP contribution is 2.42. The molecule has 2 heterocycles. The average molecular weight is 397 g/mol. The number of esters is 1. The second-order valence-corrected chi connectivity index (χ2v) is 6.64. The summed E-state index contributed by atoms with van der Waals surface area (Å²) in [5.41, 5.74) is 2.14. The zero-order valence-corrected chi connectivity index (χ0v) is 16.4. The minimum absolute atomic E-state index is 0.173. The van der Waals surface area contributed by atoms with Crippen LogP contribution in [0.25, 0.3) is 0 Å². The fourth-order valence-corrected chi connectivity index (χ4v) is 3.66. The number of nitrogens with zero attached hydrogens (tertiary/aromatic N) is 1. The molecule has 0 saturated carbocycles. The second-order valence-electron chi connectivity index (χ2n) is 6.64. The Morgan fingerprint density at radius 3 is 2.62 bits per heavy atom. The number of hydrogen-bond donors (Lipinski definition) is 0. The third-order valence-electron chi connectivity index (χ3n) is 4.92. The van der Waals surface area contributed by atoms with Crippen LogP contribution in [0.2, 0.25) is 0 Å². The van der Waals surface area contributed by atoms with Gasteiger partial charge in [0.25, 0.3) is 0 Å². The summed E-state index contributed by atoms with van der Waals surface area (Å²) in [5, 5.41) is 4.27. The lowest BCUT2D eigenvalue weighted by Gasteiger charge is -2.35. The molecule has 2 aliphatic heterocycles. The maximum absolute atomic E-state index is 13.1. The van der Waals surface area contributed by atoms with E-state index in [1.807, 2.05) is 55.5 Å². The Morgan fingerprint density at radius 1 is 1.07 bits per heavy atom. The molecule has 2 aromatic carbocycles. The van der Waals surface area contributed by atoms with Crippen molar-refractivity contribution < 1.29 is 28.6 Å². The van der Waals surface area contributed by atoms with Crippen LogP contribution in [0.15, 0.2) is 53.7 Å². The van der Waals surface area contributed by atoms with E-state index in [0.717, 1.165) is 11.1 Å². The van der Waals surface area contributed by atoms with E-state index in [-0.39, 0.29) is 19.4 Å². The molecule has 4 rings (SSSR count). The maximum atomic E-state index is 13.1. The molecule has 0 unspecified atom stereocenters. The van der Waals surface area contributed by atoms with Crippen molar-refractivity contribution in [2.75, 3.05) is 20.0 Å². The van der Waals surface area contributed by atoms with Gasteiger partial charge in [0.05, 0.1) is 12.5 Å². The van der Waals surface area contributed by atoms with Crippen LogP contribution >= 0.6 is 0 Å². The van der Waals surface area contributed by atoms with Gasteiger partial charge in [-0.25, -0.2) is 0 Å². The van der Waals surface area contributed by atoms with Gasteiger partial charge in [0.15, 0.2) is 11.5 Å². The molecule has 2 aromatic rings. The van der Waals surface area contributed by atoms with E-state index in [1.54, 1.807) is 6.92 Å². The summed E-state index contributed by atoms with van der Waals surface area (Å²) in [6, 6.07) is 15.1. The van der Waals surface area contributed by atoms with Crippen molar-refractivity contribution in [2.24, 2.45) is 11.1 Å². The van der Waals surface area contributed by atoms with Gasteiger partial charge in [0.1, 0.15) is 11.6 Å². The molecule has 0 spiro atoms. The Morgan fingerprint density at radius 2 is 1.86 bits per heavy atom. The van der Waals surface area contributed by atoms with E-state index >= 15 is 0 Å². The van der Waals surface area contributed by atoms with Crippen LogP contribution in [0, 0.1) is 5.92 Å². The molecule has 7 heteroatoms. The Balaban J connectivity index is 1.81. The molecule has 0 amide bonds. The lowest BCUT2D eigenvalue weighted by Crippen LogP contribution is -2.43. The first-order chi connectivity index (χ1) is 14.2. The first-order valence-corrected chi connectivity index (χ1v) is 9.69. The standard InChI is InChI=1S/C22H23NO6/c1-3-25-21(24)19-18(15-10-11-16-17(12-15)28-13-27-16)22(26-4-2)29-23-20(19)14-8-6-5-7-9-14/h5-12,18-19,22H,3-4,13H2,1-2H3/t18-,19-,22-/m1/s1. The zero-order chi connectivity index (χ0) is 20.2. The Hall–Kier alpha value is -3.06. The summed E-state index contributed by atoms with van der Waals surface area (Å²) in [4.78, 5) is 18.8. The van der Waals surface area contributed by atoms with Crippen molar-refractivity contribution >= 4 is 11.7 Å². The summed E-state index contributed by atoms with van der Waals surface area (Å²) in [6.45, 7) is 4.51. The molecule has 0 bridgehead atoms. The molecular formula is C22H23NO6. The summed E-state index contributed by atoms with van der Waals surface area (Å²) in [5.74, 6) is -0.225. The van der Waals surface area contributed by atoms with Crippen molar-refractivity contribution in [2.45, 2.75) is 26.1 Å². The number of carbonyl (C=O) groups is 1. The fraction of sp³-hybridized carbons (Fsp3) is 0.364. The van der Waals surface area contributed by atoms with Gasteiger partial charge in [-0.1, -0.05) is 41.6 Å². The first-order valence-electron chi connectivity index (χ1n) is 9.69. The van der Waals surface area contributed by atoms with E-state index in [1.165, 1.54) is 0 Å². The van der Waals surface area contributed by atoms with Crippen LogP contribution in [0.1, 0.15) is 30.9 Å². The molecule has 29 heavy (non-hydrogen) atoms. The summed E-state index contributed by atoms with van der Waals surface area (Å²) >= 11 is 0. The Kier molecular flexibility index (Phi) is 5.67. The van der Waals surface area contributed by atoms with E-state index in [4.69, 9.17) is 23.8 Å². The molecule has 3 atom stereocenters. The monoisotopic (exact) mass is 397 g/mol. The van der Waals surface area contributed by atoms with Gasteiger partial charge in [-0.3, -0.25) is 4.79 Å². The minimum Gasteiger partial charge on any atom is -0.465 e. The van der Waals surface area contributed by atoms with Crippen LogP contribution in [0.4, 0.5) is 0 Å². The molecule has 0 aliphatic carbocycles. The number of carbonyl (C=O) groups excluding carboxylic acids is 1. The van der Waals surface area contributed by atoms with Gasteiger partial charge in [0.2, 0.25) is 13.1 Å². The summed E-state index contributed by atoms with van der Waals surface area (Å²) in [7, 11) is 0. The van der Waals surface area contributed by atoms with Crippen molar-refractivity contribution in [1.29, 1.82) is 0 Å². The van der Waals surface area contributed by atoms with Crippen LogP contribution in [-0.2, 0) is 19.1 Å². The molecule has 0 aromatic heterocycles. The van der Waals surface area contributed by atoms with Gasteiger partial charge in [-0.05, 0) is 31.5 Å². The normalized spacial score (nSPS) is 22.6. The molecule has 7 nitrogen and oxygen atoms in total. The third kappa shape index (κ3) is 3.78. The number of benzene rings is 2. The smallest absolute Gasteiger partial charge is 0.316 e. The topological polar surface area (TPSA) is 75.6 Å². The molecule has 152 valence electrons. The summed E-state index contributed by atoms with van der Waals surface area (Å²) < 4.78 is 22.2. The molecular weight excluding hydrogens is 374 g/mol. The lowest BCUT2D eigenvalue weighted by molar-refractivity contribution is -0.177. The van der Waals surface area contributed by atoms with E-state index in [2.05, 4.69) is 5.16 Å². The van der Waals surface area contributed by atoms with Crippen molar-refractivity contribution in [3.05, 3.63) is 59.7 Å². The lowest BCUT2D eigenvalue weighted by atomic mass is 9.79. The predicted octanol–water partition coefficient (Wildman–Crippen LogP) is 3.48. The highest BCUT2D eigenvalue weighted by Gasteiger charge is 2.46. The average Bonchev–Trinajstić information content (AvgIpc) is 3.22. The fourth-order valence-electron chi connectivity index (χ4n) is 3.66. The molecule has 0 radical (unpaired) electrons. The third-order valence-corrected chi connectivity index (χ3v) is 4.92. The Bertz CT molecular complexity index is 897. The molecule has 0 fully saturated rings. The molecule has 0 saturated heterocycles. The van der Waals surface area contributed by atoms with Gasteiger partial charge in [-0.2, -0.15) is 0 Å². The van der Waals surface area contributed by atoms with E-state index < -0.39 is 18.1 Å². The largest absolute Gasteiger partial charge is 0.465 e. The SMILES string of the molecule is CCOC(=O)[C@H]1C(c2ccccc2)=NO[C@@H](OCC)[C@@H]1c1ccc2c(c1)OCO2. The number of ether oxygens (including phenoxy) is 4. The predicted molar refractivity (Wildman–Crippen MR) is 105 cm³/mol. The highest BCUT2D eigenvalue weighted by atomic mass is 16.8. The Labute approximate surface area is 169 Å². The zero-order valence-electron chi connectivity index (χ0n) is 16.4. The van der Waals surface area contributed by atoms with Crippen molar-refractivity contribution in [3.8, 4) is 11.5 Å². The van der Waals surface area contributed by atoms with Crippen LogP contribution in [0.3, 0.4) is 0 Å². The van der Waals surface area contributed by atoms with Crippen molar-refractivity contribution in [1.82, 2.24) is 0 Å². The minimum atomic E-state index is -0.734. The summed E-state index contributed by atoms with van der Waals surface area (Å²) in [6.07, 6.45) is -0.734. The van der Waals surface area contributed by atoms with Gasteiger partial charge < -0.3 is 23.8 Å². The molecule has 0 N–H and O–H groups in total. The molecule has 2 aliphatic rings. The van der Waals surface area contributed by atoms with Crippen LogP contribution < -0.4 is 9.47 Å². The first kappa shape index (κ1) is 19.3. The highest BCUT2D eigenvalue weighted by molar-refractivity contribution is 6.12. The quantitative estimate of drug-likeness (QED) is 0.695. The van der Waals surface area contributed by atoms with Crippen LogP contribution in [0.5, 0.6) is 11.5 Å². The second kappa shape index (κ2) is 8.53. The van der Waals surface area contributed by atoms with E-state index in [9.17, 15) is 4.79 Å².